The van der Waals surface area contributed by atoms with Crippen LogP contribution in [0.2, 0.25) is 0 Å². The van der Waals surface area contributed by atoms with Gasteiger partial charge in [0.1, 0.15) is 0 Å². The van der Waals surface area contributed by atoms with Crippen molar-refractivity contribution in [3.63, 3.8) is 0 Å². The molecule has 1 amide bonds. The zero-order valence-corrected chi connectivity index (χ0v) is 9.17. The third-order valence-electron chi connectivity index (χ3n) is 3.28. The molecule has 0 saturated carbocycles. The molecular weight excluding hydrogens is 188 g/mol. The van der Waals surface area contributed by atoms with Gasteiger partial charge in [0.05, 0.1) is 5.92 Å². The number of rotatable bonds is 2. The molecule has 3 heteroatoms. The Labute approximate surface area is 91.3 Å². The van der Waals surface area contributed by atoms with E-state index in [1.54, 1.807) is 0 Å². The van der Waals surface area contributed by atoms with Crippen molar-refractivity contribution in [1.29, 1.82) is 0 Å². The van der Waals surface area contributed by atoms with Crippen LogP contribution in [-0.2, 0) is 4.79 Å². The van der Waals surface area contributed by atoms with E-state index < -0.39 is 0 Å². The molecule has 0 aromatic heterocycles. The molecule has 1 aliphatic carbocycles. The minimum absolute atomic E-state index is 0.199. The maximum absolute atomic E-state index is 11.9. The second-order valence-electron chi connectivity index (χ2n) is 4.53. The zero-order valence-electron chi connectivity index (χ0n) is 9.17. The SMILES string of the molecule is O=C(NC1CC=CCC1)[C@H]1CCCNC1. The summed E-state index contributed by atoms with van der Waals surface area (Å²) < 4.78 is 0. The first kappa shape index (κ1) is 10.7. The second-order valence-corrected chi connectivity index (χ2v) is 4.53. The average molecular weight is 208 g/mol. The van der Waals surface area contributed by atoms with E-state index in [4.69, 9.17) is 0 Å². The minimum Gasteiger partial charge on any atom is -0.353 e. The van der Waals surface area contributed by atoms with E-state index >= 15 is 0 Å². The van der Waals surface area contributed by atoms with Crippen molar-refractivity contribution in [2.24, 2.45) is 5.92 Å². The lowest BCUT2D eigenvalue weighted by Gasteiger charge is -2.26. The van der Waals surface area contributed by atoms with Crippen LogP contribution in [0.25, 0.3) is 0 Å². The van der Waals surface area contributed by atoms with Gasteiger partial charge in [-0.2, -0.15) is 0 Å². The van der Waals surface area contributed by atoms with Crippen molar-refractivity contribution in [2.45, 2.75) is 38.1 Å². The van der Waals surface area contributed by atoms with Crippen molar-refractivity contribution in [3.8, 4) is 0 Å². The molecule has 84 valence electrons. The predicted molar refractivity (Wildman–Crippen MR) is 60.5 cm³/mol. The van der Waals surface area contributed by atoms with E-state index in [1.807, 2.05) is 0 Å². The third-order valence-corrected chi connectivity index (χ3v) is 3.28. The zero-order chi connectivity index (χ0) is 10.5. The van der Waals surface area contributed by atoms with Gasteiger partial charge in [-0.3, -0.25) is 4.79 Å². The van der Waals surface area contributed by atoms with E-state index in [2.05, 4.69) is 22.8 Å². The molecule has 2 N–H and O–H groups in total. The quantitative estimate of drug-likeness (QED) is 0.670. The summed E-state index contributed by atoms with van der Waals surface area (Å²) in [5.41, 5.74) is 0. The highest BCUT2D eigenvalue weighted by atomic mass is 16.2. The molecule has 2 aliphatic rings. The van der Waals surface area contributed by atoms with Crippen molar-refractivity contribution in [3.05, 3.63) is 12.2 Å². The molecule has 3 nitrogen and oxygen atoms in total. The molecule has 0 aromatic carbocycles. The number of piperidine rings is 1. The van der Waals surface area contributed by atoms with Gasteiger partial charge in [0.25, 0.3) is 0 Å². The molecule has 2 atom stereocenters. The van der Waals surface area contributed by atoms with Gasteiger partial charge in [0, 0.05) is 12.6 Å². The summed E-state index contributed by atoms with van der Waals surface area (Å²) in [6.07, 6.45) is 9.75. The van der Waals surface area contributed by atoms with Gasteiger partial charge in [-0.05, 0) is 38.6 Å². The summed E-state index contributed by atoms with van der Waals surface area (Å²) >= 11 is 0. The van der Waals surface area contributed by atoms with Crippen LogP contribution in [0.4, 0.5) is 0 Å². The van der Waals surface area contributed by atoms with E-state index in [1.165, 1.54) is 0 Å². The van der Waals surface area contributed by atoms with Crippen molar-refractivity contribution < 1.29 is 4.79 Å². The van der Waals surface area contributed by atoms with Crippen molar-refractivity contribution in [1.82, 2.24) is 10.6 Å². The lowest BCUT2D eigenvalue weighted by molar-refractivity contribution is -0.126. The largest absolute Gasteiger partial charge is 0.353 e. The highest BCUT2D eigenvalue weighted by Gasteiger charge is 2.22. The van der Waals surface area contributed by atoms with Crippen molar-refractivity contribution >= 4 is 5.91 Å². The molecule has 1 fully saturated rings. The Hall–Kier alpha value is -0.830. The number of carbonyl (C=O) groups excluding carboxylic acids is 1. The van der Waals surface area contributed by atoms with Gasteiger partial charge < -0.3 is 10.6 Å². The molecule has 1 aliphatic heterocycles. The lowest BCUT2D eigenvalue weighted by atomic mass is 9.96. The summed E-state index contributed by atoms with van der Waals surface area (Å²) in [6.45, 7) is 1.92. The Morgan fingerprint density at radius 1 is 1.33 bits per heavy atom. The Balaban J connectivity index is 1.77. The normalized spacial score (nSPS) is 31.2. The Morgan fingerprint density at radius 2 is 2.27 bits per heavy atom. The Morgan fingerprint density at radius 3 is 2.93 bits per heavy atom. The number of hydrogen-bond acceptors (Lipinski definition) is 2. The second kappa shape index (κ2) is 5.31. The molecular formula is C12H20N2O. The van der Waals surface area contributed by atoms with Gasteiger partial charge in [-0.1, -0.05) is 12.2 Å². The maximum atomic E-state index is 11.9. The number of carbonyl (C=O) groups is 1. The smallest absolute Gasteiger partial charge is 0.224 e. The van der Waals surface area contributed by atoms with E-state index in [-0.39, 0.29) is 11.8 Å². The van der Waals surface area contributed by atoms with Gasteiger partial charge >= 0.3 is 0 Å². The standard InChI is InChI=1S/C12H20N2O/c15-12(10-5-4-8-13-9-10)14-11-6-2-1-3-7-11/h1-2,10-11,13H,3-9H2,(H,14,15)/t10-,11?/m0/s1. The van der Waals surface area contributed by atoms with Crippen LogP contribution in [0.1, 0.15) is 32.1 Å². The molecule has 2 rings (SSSR count). The van der Waals surface area contributed by atoms with Crippen LogP contribution in [0.15, 0.2) is 12.2 Å². The first-order chi connectivity index (χ1) is 7.36. The van der Waals surface area contributed by atoms with Crippen molar-refractivity contribution in [2.75, 3.05) is 13.1 Å². The predicted octanol–water partition coefficient (Wildman–Crippen LogP) is 1.21. The molecule has 0 aromatic rings. The fraction of sp³-hybridized carbons (Fsp3) is 0.750. The van der Waals surface area contributed by atoms with Crippen LogP contribution >= 0.6 is 0 Å². The summed E-state index contributed by atoms with van der Waals surface area (Å²) in [6, 6.07) is 0.379. The molecule has 0 radical (unpaired) electrons. The number of nitrogens with one attached hydrogen (secondary N) is 2. The van der Waals surface area contributed by atoms with Crippen LogP contribution < -0.4 is 10.6 Å². The first-order valence-corrected chi connectivity index (χ1v) is 6.02. The number of hydrogen-bond donors (Lipinski definition) is 2. The van der Waals surface area contributed by atoms with E-state index in [0.29, 0.717) is 6.04 Å². The van der Waals surface area contributed by atoms with Crippen LogP contribution in [0.5, 0.6) is 0 Å². The highest BCUT2D eigenvalue weighted by molar-refractivity contribution is 5.79. The van der Waals surface area contributed by atoms with Crippen LogP contribution in [0, 0.1) is 5.92 Å². The molecule has 0 bridgehead atoms. The van der Waals surface area contributed by atoms with Gasteiger partial charge in [-0.15, -0.1) is 0 Å². The monoisotopic (exact) mass is 208 g/mol. The molecule has 1 heterocycles. The Bertz CT molecular complexity index is 244. The fourth-order valence-electron chi connectivity index (χ4n) is 2.32. The van der Waals surface area contributed by atoms with Gasteiger partial charge in [0.15, 0.2) is 0 Å². The summed E-state index contributed by atoms with van der Waals surface area (Å²) in [7, 11) is 0. The van der Waals surface area contributed by atoms with Gasteiger partial charge in [-0.25, -0.2) is 0 Å². The highest BCUT2D eigenvalue weighted by Crippen LogP contribution is 2.14. The van der Waals surface area contributed by atoms with Crippen LogP contribution in [0.3, 0.4) is 0 Å². The fourth-order valence-corrected chi connectivity index (χ4v) is 2.32. The summed E-state index contributed by atoms with van der Waals surface area (Å²) in [5, 5.41) is 6.44. The Kier molecular flexibility index (Phi) is 3.78. The number of allylic oxidation sites excluding steroid dienone is 1. The molecule has 15 heavy (non-hydrogen) atoms. The maximum Gasteiger partial charge on any atom is 0.224 e. The van der Waals surface area contributed by atoms with E-state index in [0.717, 1.165) is 45.2 Å². The summed E-state index contributed by atoms with van der Waals surface area (Å²) in [4.78, 5) is 11.9. The minimum atomic E-state index is 0.199. The average Bonchev–Trinajstić information content (AvgIpc) is 2.31. The van der Waals surface area contributed by atoms with E-state index in [9.17, 15) is 4.79 Å². The third kappa shape index (κ3) is 3.06. The summed E-state index contributed by atoms with van der Waals surface area (Å²) in [5.74, 6) is 0.451. The molecule has 1 saturated heterocycles. The lowest BCUT2D eigenvalue weighted by Crippen LogP contribution is -2.44. The molecule has 1 unspecified atom stereocenters. The molecule has 0 spiro atoms. The topological polar surface area (TPSA) is 41.1 Å². The van der Waals surface area contributed by atoms with Gasteiger partial charge in [0.2, 0.25) is 5.91 Å². The van der Waals surface area contributed by atoms with Crippen LogP contribution in [-0.4, -0.2) is 25.0 Å². The number of amides is 1. The first-order valence-electron chi connectivity index (χ1n) is 6.02.